The zero-order valence-corrected chi connectivity index (χ0v) is 7.86. The topological polar surface area (TPSA) is 17.1 Å². The molecule has 1 aromatic rings. The van der Waals surface area contributed by atoms with E-state index < -0.39 is 0 Å². The van der Waals surface area contributed by atoms with Crippen LogP contribution in [0.4, 0.5) is 0 Å². The van der Waals surface area contributed by atoms with Crippen LogP contribution in [0.2, 0.25) is 0 Å². The lowest BCUT2D eigenvalue weighted by Gasteiger charge is -1.96. The average molecular weight is 174 g/mol. The zero-order chi connectivity index (χ0) is 9.52. The second-order valence-corrected chi connectivity index (χ2v) is 2.94. The van der Waals surface area contributed by atoms with Crippen LogP contribution < -0.4 is 0 Å². The van der Waals surface area contributed by atoms with Gasteiger partial charge in [-0.15, -0.1) is 0 Å². The molecule has 1 nitrogen and oxygen atoms in total. The molecule has 0 spiro atoms. The Labute approximate surface area is 79.1 Å². The summed E-state index contributed by atoms with van der Waals surface area (Å²) in [4.78, 5) is 10.6. The fourth-order valence-corrected chi connectivity index (χ4v) is 1.15. The van der Waals surface area contributed by atoms with E-state index in [4.69, 9.17) is 0 Å². The summed E-state index contributed by atoms with van der Waals surface area (Å²) >= 11 is 0. The molecule has 13 heavy (non-hydrogen) atoms. The molecule has 0 saturated carbocycles. The van der Waals surface area contributed by atoms with Crippen molar-refractivity contribution in [3.63, 3.8) is 0 Å². The van der Waals surface area contributed by atoms with E-state index in [1.165, 1.54) is 0 Å². The van der Waals surface area contributed by atoms with Crippen LogP contribution in [0.3, 0.4) is 0 Å². The number of aldehydes is 1. The molecule has 0 fully saturated rings. The van der Waals surface area contributed by atoms with E-state index in [1.807, 2.05) is 30.3 Å². The summed E-state index contributed by atoms with van der Waals surface area (Å²) in [5.74, 6) is 0. The fraction of sp³-hybridized carbons (Fsp3) is 0.250. The summed E-state index contributed by atoms with van der Waals surface area (Å²) in [7, 11) is 0. The third-order valence-corrected chi connectivity index (χ3v) is 1.88. The van der Waals surface area contributed by atoms with Crippen molar-refractivity contribution in [2.45, 2.75) is 19.8 Å². The molecule has 0 aliphatic heterocycles. The molecule has 68 valence electrons. The summed E-state index contributed by atoms with van der Waals surface area (Å²) in [6.07, 6.45) is 7.20. The van der Waals surface area contributed by atoms with Gasteiger partial charge in [-0.3, -0.25) is 4.79 Å². The van der Waals surface area contributed by atoms with Crippen LogP contribution in [0.25, 0.3) is 6.08 Å². The Balaban J connectivity index is 2.80. The first kappa shape index (κ1) is 9.72. The van der Waals surface area contributed by atoms with E-state index in [1.54, 1.807) is 0 Å². The fourth-order valence-electron chi connectivity index (χ4n) is 1.15. The normalized spacial score (nSPS) is 10.5. The van der Waals surface area contributed by atoms with Gasteiger partial charge in [-0.2, -0.15) is 0 Å². The van der Waals surface area contributed by atoms with Crippen molar-refractivity contribution in [1.29, 1.82) is 0 Å². The maximum atomic E-state index is 10.6. The van der Waals surface area contributed by atoms with Gasteiger partial charge >= 0.3 is 0 Å². The van der Waals surface area contributed by atoms with Crippen LogP contribution >= 0.6 is 0 Å². The maximum Gasteiger partial charge on any atom is 0.150 e. The molecule has 0 aliphatic rings. The molecule has 0 bridgehead atoms. The smallest absolute Gasteiger partial charge is 0.150 e. The lowest BCUT2D eigenvalue weighted by molar-refractivity contribution is 0.112. The molecule has 0 heterocycles. The Kier molecular flexibility index (Phi) is 3.97. The van der Waals surface area contributed by atoms with Crippen molar-refractivity contribution < 1.29 is 4.79 Å². The number of allylic oxidation sites excluding steroid dienone is 1. The lowest BCUT2D eigenvalue weighted by Crippen LogP contribution is -1.83. The summed E-state index contributed by atoms with van der Waals surface area (Å²) in [6.45, 7) is 2.13. The van der Waals surface area contributed by atoms with E-state index in [9.17, 15) is 4.79 Å². The van der Waals surface area contributed by atoms with Crippen molar-refractivity contribution in [3.8, 4) is 0 Å². The highest BCUT2D eigenvalue weighted by Crippen LogP contribution is 2.08. The van der Waals surface area contributed by atoms with Gasteiger partial charge in [0.15, 0.2) is 6.29 Å². The number of carbonyl (C=O) groups excluding carboxylic acids is 1. The Morgan fingerprint density at radius 2 is 1.92 bits per heavy atom. The SMILES string of the molecule is CCC/C=C\c1ccccc1C=O. The highest BCUT2D eigenvalue weighted by Gasteiger charge is 1.94. The van der Waals surface area contributed by atoms with E-state index >= 15 is 0 Å². The zero-order valence-electron chi connectivity index (χ0n) is 7.86. The van der Waals surface area contributed by atoms with Gasteiger partial charge in [-0.05, 0) is 12.0 Å². The van der Waals surface area contributed by atoms with Crippen LogP contribution in [0.1, 0.15) is 35.7 Å². The van der Waals surface area contributed by atoms with Crippen LogP contribution in [0.15, 0.2) is 30.3 Å². The number of hydrogen-bond acceptors (Lipinski definition) is 1. The summed E-state index contributed by atoms with van der Waals surface area (Å²) in [5, 5.41) is 0. The molecule has 1 rings (SSSR count). The minimum Gasteiger partial charge on any atom is -0.298 e. The second kappa shape index (κ2) is 5.31. The number of hydrogen-bond donors (Lipinski definition) is 0. The van der Waals surface area contributed by atoms with Crippen LogP contribution in [0, 0.1) is 0 Å². The summed E-state index contributed by atoms with van der Waals surface area (Å²) < 4.78 is 0. The van der Waals surface area contributed by atoms with Crippen molar-refractivity contribution in [2.24, 2.45) is 0 Å². The van der Waals surface area contributed by atoms with E-state index in [0.717, 1.165) is 30.3 Å². The minimum absolute atomic E-state index is 0.759. The van der Waals surface area contributed by atoms with E-state index in [0.29, 0.717) is 0 Å². The maximum absolute atomic E-state index is 10.6. The predicted molar refractivity (Wildman–Crippen MR) is 55.8 cm³/mol. The molecule has 0 atom stereocenters. The molecule has 0 N–H and O–H groups in total. The number of carbonyl (C=O) groups is 1. The van der Waals surface area contributed by atoms with Crippen molar-refractivity contribution in [1.82, 2.24) is 0 Å². The Hall–Kier alpha value is -1.37. The minimum atomic E-state index is 0.759. The van der Waals surface area contributed by atoms with Gasteiger partial charge in [0.25, 0.3) is 0 Å². The Morgan fingerprint density at radius 1 is 1.23 bits per heavy atom. The van der Waals surface area contributed by atoms with Crippen molar-refractivity contribution >= 4 is 12.4 Å². The van der Waals surface area contributed by atoms with E-state index in [2.05, 4.69) is 13.0 Å². The van der Waals surface area contributed by atoms with Gasteiger partial charge in [-0.25, -0.2) is 0 Å². The molecular formula is C12H14O. The van der Waals surface area contributed by atoms with Gasteiger partial charge in [0.2, 0.25) is 0 Å². The van der Waals surface area contributed by atoms with Gasteiger partial charge in [-0.1, -0.05) is 49.8 Å². The predicted octanol–water partition coefficient (Wildman–Crippen LogP) is 3.31. The molecule has 1 heteroatoms. The van der Waals surface area contributed by atoms with Crippen LogP contribution in [-0.2, 0) is 0 Å². The molecule has 0 amide bonds. The quantitative estimate of drug-likeness (QED) is 0.640. The number of rotatable bonds is 4. The standard InChI is InChI=1S/C12H14O/c1-2-3-4-7-11-8-5-6-9-12(11)10-13/h4-10H,2-3H2,1H3/b7-4-. The average Bonchev–Trinajstić information content (AvgIpc) is 2.19. The molecule has 0 aliphatic carbocycles. The molecular weight excluding hydrogens is 160 g/mol. The molecule has 0 aromatic heterocycles. The first-order chi connectivity index (χ1) is 6.38. The molecule has 0 unspecified atom stereocenters. The van der Waals surface area contributed by atoms with Crippen molar-refractivity contribution in [2.75, 3.05) is 0 Å². The van der Waals surface area contributed by atoms with Gasteiger partial charge in [0.05, 0.1) is 0 Å². The first-order valence-electron chi connectivity index (χ1n) is 4.59. The first-order valence-corrected chi connectivity index (χ1v) is 4.59. The number of benzene rings is 1. The van der Waals surface area contributed by atoms with Gasteiger partial charge < -0.3 is 0 Å². The highest BCUT2D eigenvalue weighted by atomic mass is 16.1. The van der Waals surface area contributed by atoms with E-state index in [-0.39, 0.29) is 0 Å². The summed E-state index contributed by atoms with van der Waals surface area (Å²) in [6, 6.07) is 7.61. The molecule has 0 saturated heterocycles. The number of unbranched alkanes of at least 4 members (excludes halogenated alkanes) is 1. The monoisotopic (exact) mass is 174 g/mol. The highest BCUT2D eigenvalue weighted by molar-refractivity contribution is 5.81. The largest absolute Gasteiger partial charge is 0.298 e. The van der Waals surface area contributed by atoms with Crippen LogP contribution in [0.5, 0.6) is 0 Å². The summed E-state index contributed by atoms with van der Waals surface area (Å²) in [5.41, 5.74) is 1.76. The third-order valence-electron chi connectivity index (χ3n) is 1.88. The lowest BCUT2D eigenvalue weighted by atomic mass is 10.1. The van der Waals surface area contributed by atoms with Crippen LogP contribution in [-0.4, -0.2) is 6.29 Å². The second-order valence-electron chi connectivity index (χ2n) is 2.94. The van der Waals surface area contributed by atoms with Gasteiger partial charge in [0.1, 0.15) is 0 Å². The third kappa shape index (κ3) is 2.86. The Bertz CT molecular complexity index is 300. The Morgan fingerprint density at radius 3 is 2.54 bits per heavy atom. The van der Waals surface area contributed by atoms with Crippen molar-refractivity contribution in [3.05, 3.63) is 41.5 Å². The molecule has 0 radical (unpaired) electrons. The van der Waals surface area contributed by atoms with Gasteiger partial charge in [0, 0.05) is 5.56 Å². The molecule has 1 aromatic carbocycles.